The number of alkyl halides is 3. The second-order valence-corrected chi connectivity index (χ2v) is 10.2. The van der Waals surface area contributed by atoms with E-state index in [0.717, 1.165) is 31.2 Å². The number of ketones is 1. The number of fused-ring (bicyclic) bond motifs is 1. The quantitative estimate of drug-likeness (QED) is 0.309. The number of pyridine rings is 1. The number of carbonyl (C=O) groups excluding carboxylic acids is 2. The predicted octanol–water partition coefficient (Wildman–Crippen LogP) is 4.09. The standard InChI is InChI=1S/C28H25F3N6O3/c29-28(30,31)17-5-6-34-22(10-17)36-27(40)20-4-3-19(26(39)15-1-2-15)23(16-9-18(38)12-33-11-16)24(20)25-21-13-32-7-8-37(21)14-35-25/h3-8,10,13-16,18,33,38H,1-2,9,11-12H2,(H,34,36,40). The number of carbonyl (C=O) groups is 2. The third kappa shape index (κ3) is 4.95. The van der Waals surface area contributed by atoms with Crippen LogP contribution in [0.15, 0.2) is 55.4 Å². The molecule has 2 atom stereocenters. The van der Waals surface area contributed by atoms with Gasteiger partial charge >= 0.3 is 6.18 Å². The lowest BCUT2D eigenvalue weighted by Crippen LogP contribution is -2.39. The van der Waals surface area contributed by atoms with Crippen molar-refractivity contribution in [3.8, 4) is 11.3 Å². The van der Waals surface area contributed by atoms with Gasteiger partial charge in [-0.05, 0) is 43.0 Å². The van der Waals surface area contributed by atoms with E-state index < -0.39 is 23.8 Å². The summed E-state index contributed by atoms with van der Waals surface area (Å²) in [6, 6.07) is 4.70. The number of Topliss-reactive ketones (excluding diaryl/α,β-unsaturated/α-hetero) is 1. The van der Waals surface area contributed by atoms with Crippen molar-refractivity contribution >= 4 is 23.0 Å². The van der Waals surface area contributed by atoms with Gasteiger partial charge in [-0.3, -0.25) is 14.6 Å². The Balaban J connectivity index is 1.54. The molecule has 3 N–H and O–H groups in total. The zero-order valence-corrected chi connectivity index (χ0v) is 21.2. The molecule has 1 saturated heterocycles. The van der Waals surface area contributed by atoms with Gasteiger partial charge in [0, 0.05) is 60.2 Å². The van der Waals surface area contributed by atoms with Crippen molar-refractivity contribution in [3.05, 3.63) is 77.6 Å². The van der Waals surface area contributed by atoms with Crippen molar-refractivity contribution in [1.29, 1.82) is 0 Å². The summed E-state index contributed by atoms with van der Waals surface area (Å²) in [7, 11) is 0. The van der Waals surface area contributed by atoms with E-state index >= 15 is 0 Å². The van der Waals surface area contributed by atoms with Crippen LogP contribution in [0.5, 0.6) is 0 Å². The monoisotopic (exact) mass is 550 g/mol. The van der Waals surface area contributed by atoms with Crippen molar-refractivity contribution in [1.82, 2.24) is 24.7 Å². The molecule has 2 unspecified atom stereocenters. The zero-order valence-electron chi connectivity index (χ0n) is 21.2. The van der Waals surface area contributed by atoms with Crippen LogP contribution in [0.25, 0.3) is 16.8 Å². The lowest BCUT2D eigenvalue weighted by Gasteiger charge is -2.31. The van der Waals surface area contributed by atoms with Gasteiger partial charge in [0.15, 0.2) is 5.78 Å². The van der Waals surface area contributed by atoms with Crippen LogP contribution >= 0.6 is 0 Å². The van der Waals surface area contributed by atoms with Crippen LogP contribution in [0.4, 0.5) is 19.0 Å². The van der Waals surface area contributed by atoms with Crippen molar-refractivity contribution in [2.45, 2.75) is 37.5 Å². The summed E-state index contributed by atoms with van der Waals surface area (Å²) in [5.41, 5.74) is 1.57. The summed E-state index contributed by atoms with van der Waals surface area (Å²) in [6.45, 7) is 0.857. The summed E-state index contributed by atoms with van der Waals surface area (Å²) in [4.78, 5) is 39.9. The van der Waals surface area contributed by atoms with E-state index in [0.29, 0.717) is 47.4 Å². The number of aliphatic hydroxyl groups is 1. The molecule has 40 heavy (non-hydrogen) atoms. The van der Waals surface area contributed by atoms with Crippen LogP contribution in [-0.4, -0.2) is 55.3 Å². The van der Waals surface area contributed by atoms with Gasteiger partial charge in [-0.1, -0.05) is 6.07 Å². The number of hydrogen-bond acceptors (Lipinski definition) is 7. The molecule has 206 valence electrons. The molecule has 12 heteroatoms. The normalized spacial score (nSPS) is 19.5. The minimum absolute atomic E-state index is 0.0375. The number of β-amino-alcohol motifs (C(OH)–C–C–N with tert-alkyl or cyclic N) is 1. The number of piperidine rings is 1. The maximum atomic E-state index is 13.7. The summed E-state index contributed by atoms with van der Waals surface area (Å²) in [5, 5.41) is 16.2. The van der Waals surface area contributed by atoms with Crippen molar-refractivity contribution < 1.29 is 27.9 Å². The molecule has 0 radical (unpaired) electrons. The van der Waals surface area contributed by atoms with E-state index in [9.17, 15) is 27.9 Å². The first-order valence-electron chi connectivity index (χ1n) is 12.9. The summed E-state index contributed by atoms with van der Waals surface area (Å²) in [5.74, 6) is -1.45. The molecule has 3 aromatic heterocycles. The number of anilines is 1. The van der Waals surface area contributed by atoms with Crippen molar-refractivity contribution in [2.75, 3.05) is 18.4 Å². The first-order chi connectivity index (χ1) is 19.2. The van der Waals surface area contributed by atoms with Crippen LogP contribution in [0.1, 0.15) is 57.0 Å². The number of amides is 1. The maximum absolute atomic E-state index is 13.7. The fourth-order valence-electron chi connectivity index (χ4n) is 5.30. The van der Waals surface area contributed by atoms with E-state index in [2.05, 4.69) is 25.6 Å². The third-order valence-corrected chi connectivity index (χ3v) is 7.35. The molecule has 6 rings (SSSR count). The van der Waals surface area contributed by atoms with Gasteiger partial charge < -0.3 is 20.1 Å². The molecule has 1 amide bonds. The number of rotatable bonds is 6. The molecule has 1 aliphatic heterocycles. The molecule has 4 aromatic rings. The Morgan fingerprint density at radius 3 is 2.62 bits per heavy atom. The molecule has 1 aliphatic carbocycles. The highest BCUT2D eigenvalue weighted by Gasteiger charge is 2.37. The third-order valence-electron chi connectivity index (χ3n) is 7.35. The number of aromatic nitrogens is 4. The van der Waals surface area contributed by atoms with Gasteiger partial charge in [-0.15, -0.1) is 0 Å². The van der Waals surface area contributed by atoms with Crippen LogP contribution in [-0.2, 0) is 6.18 Å². The number of aliphatic hydroxyl groups excluding tert-OH is 1. The minimum atomic E-state index is -4.61. The highest BCUT2D eigenvalue weighted by atomic mass is 19.4. The fraction of sp³-hybridized carbons (Fsp3) is 0.321. The highest BCUT2D eigenvalue weighted by molar-refractivity contribution is 6.12. The molecule has 2 aliphatic rings. The van der Waals surface area contributed by atoms with Gasteiger partial charge in [0.05, 0.1) is 29.1 Å². The van der Waals surface area contributed by atoms with E-state index in [1.165, 1.54) is 6.07 Å². The Kier molecular flexibility index (Phi) is 6.59. The molecule has 0 spiro atoms. The van der Waals surface area contributed by atoms with Gasteiger partial charge in [-0.2, -0.15) is 13.2 Å². The zero-order chi connectivity index (χ0) is 28.0. The Morgan fingerprint density at radius 2 is 1.88 bits per heavy atom. The molecule has 0 bridgehead atoms. The lowest BCUT2D eigenvalue weighted by atomic mass is 9.79. The van der Waals surface area contributed by atoms with Crippen molar-refractivity contribution in [2.24, 2.45) is 5.92 Å². The van der Waals surface area contributed by atoms with E-state index in [-0.39, 0.29) is 29.0 Å². The lowest BCUT2D eigenvalue weighted by molar-refractivity contribution is -0.137. The van der Waals surface area contributed by atoms with E-state index in [1.807, 2.05) is 0 Å². The van der Waals surface area contributed by atoms with Crippen LogP contribution in [0, 0.1) is 5.92 Å². The smallest absolute Gasteiger partial charge is 0.392 e. The fourth-order valence-corrected chi connectivity index (χ4v) is 5.30. The number of nitrogens with one attached hydrogen (secondary N) is 2. The number of hydrogen-bond donors (Lipinski definition) is 3. The van der Waals surface area contributed by atoms with Gasteiger partial charge in [-0.25, -0.2) is 9.97 Å². The van der Waals surface area contributed by atoms with E-state index in [1.54, 1.807) is 35.4 Å². The molecule has 1 saturated carbocycles. The number of benzene rings is 1. The second kappa shape index (κ2) is 10.1. The SMILES string of the molecule is O=C(Nc1cc(C(F)(F)F)ccn1)c1ccc(C(=O)C2CC2)c(C2CNCC(O)C2)c1-c1ncn2ccncc12. The largest absolute Gasteiger partial charge is 0.416 e. The van der Waals surface area contributed by atoms with Gasteiger partial charge in [0.1, 0.15) is 12.1 Å². The number of nitrogens with zero attached hydrogens (tertiary/aromatic N) is 4. The summed E-state index contributed by atoms with van der Waals surface area (Å²) >= 11 is 0. The predicted molar refractivity (Wildman–Crippen MR) is 139 cm³/mol. The first-order valence-corrected chi connectivity index (χ1v) is 12.9. The van der Waals surface area contributed by atoms with E-state index in [4.69, 9.17) is 0 Å². The average Bonchev–Trinajstić information content (AvgIpc) is 3.70. The molecule has 2 fully saturated rings. The number of imidazole rings is 1. The summed E-state index contributed by atoms with van der Waals surface area (Å²) < 4.78 is 41.6. The average molecular weight is 551 g/mol. The Morgan fingerprint density at radius 1 is 1.07 bits per heavy atom. The first kappa shape index (κ1) is 26.1. The minimum Gasteiger partial charge on any atom is -0.392 e. The molecular formula is C28H25F3N6O3. The summed E-state index contributed by atoms with van der Waals surface area (Å²) in [6.07, 6.45) is 4.05. The van der Waals surface area contributed by atoms with Gasteiger partial charge in [0.25, 0.3) is 5.91 Å². The molecule has 9 nitrogen and oxygen atoms in total. The molecular weight excluding hydrogens is 525 g/mol. The topological polar surface area (TPSA) is 122 Å². The maximum Gasteiger partial charge on any atom is 0.416 e. The Hall–Kier alpha value is -4.16. The second-order valence-electron chi connectivity index (χ2n) is 10.2. The molecule has 4 heterocycles. The molecule has 1 aromatic carbocycles. The van der Waals surface area contributed by atoms with Crippen LogP contribution in [0.3, 0.4) is 0 Å². The van der Waals surface area contributed by atoms with Gasteiger partial charge in [0.2, 0.25) is 0 Å². The van der Waals surface area contributed by atoms with Crippen molar-refractivity contribution in [3.63, 3.8) is 0 Å². The van der Waals surface area contributed by atoms with Crippen LogP contribution in [0.2, 0.25) is 0 Å². The van der Waals surface area contributed by atoms with Crippen LogP contribution < -0.4 is 10.6 Å². The Labute approximate surface area is 226 Å². The number of halogens is 3. The Bertz CT molecular complexity index is 1610. The highest BCUT2D eigenvalue weighted by Crippen LogP contribution is 2.42.